The van der Waals surface area contributed by atoms with E-state index in [9.17, 15) is 14.7 Å². The van der Waals surface area contributed by atoms with Gasteiger partial charge in [0.2, 0.25) is 12.2 Å². The Hall–Kier alpha value is -1.92. The minimum Gasteiger partial charge on any atom is -0.508 e. The lowest BCUT2D eigenvalue weighted by molar-refractivity contribution is -0.121. The van der Waals surface area contributed by atoms with Crippen LogP contribution >= 0.6 is 0 Å². The fourth-order valence-corrected chi connectivity index (χ4v) is 2.26. The number of nitrogens with one attached hydrogen (secondary N) is 1. The molecule has 2 atom stereocenters. The van der Waals surface area contributed by atoms with E-state index in [0.29, 0.717) is 6.42 Å². The summed E-state index contributed by atoms with van der Waals surface area (Å²) in [7, 11) is 0. The number of phenols is 1. The van der Waals surface area contributed by atoms with Crippen molar-refractivity contribution in [2.45, 2.75) is 38.1 Å². The largest absolute Gasteiger partial charge is 0.508 e. The summed E-state index contributed by atoms with van der Waals surface area (Å²) in [5.74, 6) is -0.466. The van der Waals surface area contributed by atoms with Gasteiger partial charge in [-0.1, -0.05) is 18.6 Å². The molecule has 0 aliphatic heterocycles. The predicted molar refractivity (Wildman–Crippen MR) is 87.5 cm³/mol. The minimum atomic E-state index is -0.852. The van der Waals surface area contributed by atoms with Gasteiger partial charge in [-0.2, -0.15) is 0 Å². The average molecular weight is 321 g/mol. The number of phenolic OH excluding ortho intramolecular Hbond substituents is 1. The molecule has 0 saturated heterocycles. The molecular formula is C17H25N2O4. The third-order valence-corrected chi connectivity index (χ3v) is 3.76. The van der Waals surface area contributed by atoms with E-state index >= 15 is 0 Å². The number of amides is 1. The van der Waals surface area contributed by atoms with Crippen LogP contribution in [0.5, 0.6) is 5.75 Å². The number of carbonyl (C=O) groups is 1. The third-order valence-electron chi connectivity index (χ3n) is 3.76. The molecule has 1 aromatic carbocycles. The summed E-state index contributed by atoms with van der Waals surface area (Å²) in [6.45, 7) is -0.146. The van der Waals surface area contributed by atoms with Gasteiger partial charge in [0.15, 0.2) is 0 Å². The lowest BCUT2D eigenvalue weighted by atomic mass is 10.0. The second kappa shape index (κ2) is 10.7. The van der Waals surface area contributed by atoms with Gasteiger partial charge in [-0.25, -0.2) is 0 Å². The molecule has 2 unspecified atom stereocenters. The highest BCUT2D eigenvalue weighted by Gasteiger charge is 2.21. The lowest BCUT2D eigenvalue weighted by Crippen LogP contribution is -2.45. The molecule has 0 bridgehead atoms. The molecule has 5 N–H and O–H groups in total. The predicted octanol–water partition coefficient (Wildman–Crippen LogP) is 0.657. The van der Waals surface area contributed by atoms with Crippen molar-refractivity contribution < 1.29 is 19.8 Å². The van der Waals surface area contributed by atoms with E-state index in [1.807, 2.05) is 12.1 Å². The van der Waals surface area contributed by atoms with Crippen LogP contribution in [-0.2, 0) is 16.0 Å². The summed E-state index contributed by atoms with van der Waals surface area (Å²) >= 11 is 0. The molecule has 0 aliphatic carbocycles. The summed E-state index contributed by atoms with van der Waals surface area (Å²) in [4.78, 5) is 22.6. The van der Waals surface area contributed by atoms with Crippen molar-refractivity contribution in [3.05, 3.63) is 29.8 Å². The first-order chi connectivity index (χ1) is 11.1. The van der Waals surface area contributed by atoms with Crippen LogP contribution in [0.2, 0.25) is 0 Å². The molecule has 1 rings (SSSR count). The van der Waals surface area contributed by atoms with Crippen LogP contribution in [0.1, 0.15) is 31.2 Å². The van der Waals surface area contributed by atoms with Gasteiger partial charge in [0.1, 0.15) is 11.8 Å². The van der Waals surface area contributed by atoms with Gasteiger partial charge in [0.25, 0.3) is 0 Å². The molecule has 1 radical (unpaired) electrons. The van der Waals surface area contributed by atoms with Crippen LogP contribution in [0.4, 0.5) is 0 Å². The van der Waals surface area contributed by atoms with E-state index in [4.69, 9.17) is 10.8 Å². The van der Waals surface area contributed by atoms with Crippen LogP contribution in [0.3, 0.4) is 0 Å². The zero-order valence-corrected chi connectivity index (χ0v) is 13.2. The van der Waals surface area contributed by atoms with Crippen molar-refractivity contribution in [2.75, 3.05) is 13.2 Å². The maximum absolute atomic E-state index is 11.8. The smallest absolute Gasteiger partial charge is 0.223 e. The Kier molecular flexibility index (Phi) is 8.94. The number of benzene rings is 1. The van der Waals surface area contributed by atoms with Gasteiger partial charge in [0, 0.05) is 18.9 Å². The molecule has 6 heteroatoms. The molecule has 0 aliphatic rings. The first-order valence-corrected chi connectivity index (χ1v) is 7.86. The minimum absolute atomic E-state index is 0.114. The number of aliphatic hydroxyl groups excluding tert-OH is 1. The standard InChI is InChI=1S/C17H25N2O4/c18-10-14(11-20)16(12-21)19-17(23)5-3-1-2-4-13-6-8-15(22)9-7-13/h6-9,14,16,20,22H,1-5,10-11,18H2,(H,19,23). The van der Waals surface area contributed by atoms with Crippen molar-refractivity contribution in [1.29, 1.82) is 0 Å². The SMILES string of the molecule is NCC(CO)C([C]=O)NC(=O)CCCCCc1ccc(O)cc1. The first-order valence-electron chi connectivity index (χ1n) is 7.86. The number of hydrogen-bond acceptors (Lipinski definition) is 5. The molecule has 1 amide bonds. The Bertz CT molecular complexity index is 472. The Balaban J connectivity index is 2.20. The maximum Gasteiger partial charge on any atom is 0.223 e. The number of nitrogens with two attached hydrogens (primary N) is 1. The second-order valence-electron chi connectivity index (χ2n) is 5.57. The quantitative estimate of drug-likeness (QED) is 0.447. The average Bonchev–Trinajstić information content (AvgIpc) is 2.56. The zero-order valence-electron chi connectivity index (χ0n) is 13.2. The molecule has 0 saturated carbocycles. The Labute approximate surface area is 136 Å². The summed E-state index contributed by atoms with van der Waals surface area (Å²) in [6, 6.07) is 6.24. The Morgan fingerprint density at radius 1 is 1.22 bits per heavy atom. The van der Waals surface area contributed by atoms with Crippen LogP contribution in [0, 0.1) is 5.92 Å². The molecule has 1 aromatic rings. The first kappa shape index (κ1) is 19.1. The summed E-state index contributed by atoms with van der Waals surface area (Å²) in [5, 5.41) is 20.8. The highest BCUT2D eigenvalue weighted by molar-refractivity contribution is 5.79. The van der Waals surface area contributed by atoms with E-state index < -0.39 is 12.0 Å². The highest BCUT2D eigenvalue weighted by atomic mass is 16.3. The van der Waals surface area contributed by atoms with E-state index in [2.05, 4.69) is 5.32 Å². The van der Waals surface area contributed by atoms with Crippen molar-refractivity contribution in [3.8, 4) is 5.75 Å². The fourth-order valence-electron chi connectivity index (χ4n) is 2.26. The van der Waals surface area contributed by atoms with Crippen LogP contribution in [0.25, 0.3) is 0 Å². The maximum atomic E-state index is 11.8. The molecule has 0 fully saturated rings. The van der Waals surface area contributed by atoms with Crippen molar-refractivity contribution in [2.24, 2.45) is 11.7 Å². The van der Waals surface area contributed by atoms with Crippen LogP contribution in [0.15, 0.2) is 24.3 Å². The highest BCUT2D eigenvalue weighted by Crippen LogP contribution is 2.13. The summed E-state index contributed by atoms with van der Waals surface area (Å²) in [5.41, 5.74) is 6.58. The number of aryl methyl sites for hydroxylation is 1. The molecular weight excluding hydrogens is 296 g/mol. The van der Waals surface area contributed by atoms with Gasteiger partial charge in [-0.15, -0.1) is 0 Å². The Morgan fingerprint density at radius 2 is 1.91 bits per heavy atom. The summed E-state index contributed by atoms with van der Waals surface area (Å²) in [6.07, 6.45) is 5.51. The van der Waals surface area contributed by atoms with Gasteiger partial charge < -0.3 is 21.3 Å². The van der Waals surface area contributed by atoms with Crippen molar-refractivity contribution in [1.82, 2.24) is 5.32 Å². The number of hydrogen-bond donors (Lipinski definition) is 4. The number of carbonyl (C=O) groups excluding carboxylic acids is 2. The van der Waals surface area contributed by atoms with Crippen LogP contribution in [-0.4, -0.2) is 41.6 Å². The van der Waals surface area contributed by atoms with Gasteiger partial charge in [-0.3, -0.25) is 9.59 Å². The normalized spacial score (nSPS) is 13.3. The second-order valence-corrected chi connectivity index (χ2v) is 5.57. The summed E-state index contributed by atoms with van der Waals surface area (Å²) < 4.78 is 0. The number of rotatable bonds is 11. The van der Waals surface area contributed by atoms with Gasteiger partial charge >= 0.3 is 0 Å². The monoisotopic (exact) mass is 321 g/mol. The number of aromatic hydroxyl groups is 1. The van der Waals surface area contributed by atoms with Crippen molar-refractivity contribution >= 4 is 12.2 Å². The van der Waals surface area contributed by atoms with Gasteiger partial charge in [0.05, 0.1) is 0 Å². The number of aliphatic hydroxyl groups is 1. The lowest BCUT2D eigenvalue weighted by Gasteiger charge is -2.19. The van der Waals surface area contributed by atoms with E-state index in [0.717, 1.165) is 31.2 Å². The zero-order chi connectivity index (χ0) is 17.1. The van der Waals surface area contributed by atoms with E-state index in [-0.39, 0.29) is 24.8 Å². The van der Waals surface area contributed by atoms with Crippen LogP contribution < -0.4 is 11.1 Å². The third kappa shape index (κ3) is 7.25. The molecule has 23 heavy (non-hydrogen) atoms. The topological polar surface area (TPSA) is 113 Å². The molecule has 0 aromatic heterocycles. The van der Waals surface area contributed by atoms with Crippen molar-refractivity contribution in [3.63, 3.8) is 0 Å². The fraction of sp³-hybridized carbons (Fsp3) is 0.529. The molecule has 0 heterocycles. The van der Waals surface area contributed by atoms with Gasteiger partial charge in [-0.05, 0) is 43.5 Å². The molecule has 6 nitrogen and oxygen atoms in total. The van der Waals surface area contributed by atoms with E-state index in [1.54, 1.807) is 18.4 Å². The van der Waals surface area contributed by atoms with E-state index in [1.165, 1.54) is 0 Å². The number of unbranched alkanes of at least 4 members (excludes halogenated alkanes) is 2. The molecule has 0 spiro atoms. The Morgan fingerprint density at radius 3 is 2.48 bits per heavy atom. The molecule has 127 valence electrons.